The van der Waals surface area contributed by atoms with E-state index in [1.54, 1.807) is 0 Å². The first-order chi connectivity index (χ1) is 6.22. The quantitative estimate of drug-likeness (QED) is 0.813. The molecule has 3 heteroatoms. The fourth-order valence-corrected chi connectivity index (χ4v) is 1.91. The van der Waals surface area contributed by atoms with Crippen LogP contribution in [0.25, 0.3) is 11.0 Å². The molecule has 0 saturated heterocycles. The molecule has 2 nitrogen and oxygen atoms in total. The van der Waals surface area contributed by atoms with Gasteiger partial charge in [-0.25, -0.2) is 4.98 Å². The average molecular weight is 239 g/mol. The number of aryl methyl sites for hydroxylation is 2. The fraction of sp³-hybridized carbons (Fsp3) is 0.300. The van der Waals surface area contributed by atoms with Gasteiger partial charge in [-0.1, -0.05) is 6.92 Å². The van der Waals surface area contributed by atoms with Gasteiger partial charge in [0.05, 0.1) is 0 Å². The van der Waals surface area contributed by atoms with Gasteiger partial charge in [0.25, 0.3) is 0 Å². The van der Waals surface area contributed by atoms with Crippen molar-refractivity contribution in [2.45, 2.75) is 20.3 Å². The van der Waals surface area contributed by atoms with E-state index in [9.17, 15) is 0 Å². The molecule has 0 fully saturated rings. The standard InChI is InChI=1S/C10H11BrN2/c1-3-9-6(2)8-4-7(11)5-12-10(8)13-9/h4-5H,3H2,1-2H3,(H,12,13). The molecule has 0 bridgehead atoms. The topological polar surface area (TPSA) is 28.7 Å². The molecule has 0 saturated carbocycles. The summed E-state index contributed by atoms with van der Waals surface area (Å²) in [7, 11) is 0. The maximum absolute atomic E-state index is 4.31. The summed E-state index contributed by atoms with van der Waals surface area (Å²) in [4.78, 5) is 7.62. The summed E-state index contributed by atoms with van der Waals surface area (Å²) in [6, 6.07) is 2.10. The first-order valence-electron chi connectivity index (χ1n) is 4.35. The lowest BCUT2D eigenvalue weighted by Gasteiger charge is -1.92. The SMILES string of the molecule is CCc1[nH]c2ncc(Br)cc2c1C. The Morgan fingerprint density at radius 1 is 1.54 bits per heavy atom. The van der Waals surface area contributed by atoms with E-state index in [4.69, 9.17) is 0 Å². The Morgan fingerprint density at radius 3 is 3.00 bits per heavy atom. The van der Waals surface area contributed by atoms with Crippen molar-refractivity contribution in [2.75, 3.05) is 0 Å². The third-order valence-corrected chi connectivity index (χ3v) is 2.77. The van der Waals surface area contributed by atoms with Crippen LogP contribution in [-0.4, -0.2) is 9.97 Å². The molecule has 0 aliphatic carbocycles. The van der Waals surface area contributed by atoms with Crippen molar-refractivity contribution in [1.82, 2.24) is 9.97 Å². The van der Waals surface area contributed by atoms with E-state index >= 15 is 0 Å². The van der Waals surface area contributed by atoms with Gasteiger partial charge in [-0.05, 0) is 40.9 Å². The van der Waals surface area contributed by atoms with Gasteiger partial charge in [-0.3, -0.25) is 0 Å². The zero-order chi connectivity index (χ0) is 9.42. The molecule has 2 aromatic heterocycles. The van der Waals surface area contributed by atoms with Crippen molar-refractivity contribution in [3.8, 4) is 0 Å². The van der Waals surface area contributed by atoms with Crippen LogP contribution in [0.2, 0.25) is 0 Å². The van der Waals surface area contributed by atoms with Gasteiger partial charge in [-0.2, -0.15) is 0 Å². The lowest BCUT2D eigenvalue weighted by molar-refractivity contribution is 1.05. The summed E-state index contributed by atoms with van der Waals surface area (Å²) in [5, 5.41) is 1.21. The minimum atomic E-state index is 0.984. The number of hydrogen-bond acceptors (Lipinski definition) is 1. The van der Waals surface area contributed by atoms with Crippen LogP contribution in [0.1, 0.15) is 18.2 Å². The molecule has 0 atom stereocenters. The third kappa shape index (κ3) is 1.37. The maximum Gasteiger partial charge on any atom is 0.137 e. The second kappa shape index (κ2) is 3.14. The molecule has 68 valence electrons. The number of nitrogens with zero attached hydrogens (tertiary/aromatic N) is 1. The van der Waals surface area contributed by atoms with E-state index in [1.807, 2.05) is 6.20 Å². The lowest BCUT2D eigenvalue weighted by Crippen LogP contribution is -1.80. The summed E-state index contributed by atoms with van der Waals surface area (Å²) >= 11 is 3.42. The van der Waals surface area contributed by atoms with Crippen LogP contribution in [-0.2, 0) is 6.42 Å². The number of hydrogen-bond donors (Lipinski definition) is 1. The zero-order valence-electron chi connectivity index (χ0n) is 7.69. The Kier molecular flexibility index (Phi) is 2.12. The monoisotopic (exact) mass is 238 g/mol. The van der Waals surface area contributed by atoms with Crippen LogP contribution in [0.5, 0.6) is 0 Å². The minimum absolute atomic E-state index is 0.984. The number of rotatable bonds is 1. The van der Waals surface area contributed by atoms with E-state index in [0.29, 0.717) is 0 Å². The Bertz CT molecular complexity index is 445. The number of aromatic amines is 1. The normalized spacial score (nSPS) is 11.0. The Labute approximate surface area is 85.5 Å². The predicted molar refractivity (Wildman–Crippen MR) is 57.9 cm³/mol. The summed E-state index contributed by atoms with van der Waals surface area (Å²) in [5.41, 5.74) is 3.57. The number of halogens is 1. The van der Waals surface area contributed by atoms with E-state index in [1.165, 1.54) is 16.6 Å². The van der Waals surface area contributed by atoms with Crippen molar-refractivity contribution in [3.05, 3.63) is 28.0 Å². The average Bonchev–Trinajstić information content (AvgIpc) is 2.44. The van der Waals surface area contributed by atoms with Crippen molar-refractivity contribution in [2.24, 2.45) is 0 Å². The first-order valence-corrected chi connectivity index (χ1v) is 5.14. The molecular weight excluding hydrogens is 228 g/mol. The summed E-state index contributed by atoms with van der Waals surface area (Å²) < 4.78 is 1.03. The largest absolute Gasteiger partial charge is 0.343 e. The number of fused-ring (bicyclic) bond motifs is 1. The van der Waals surface area contributed by atoms with Crippen molar-refractivity contribution >= 4 is 27.0 Å². The maximum atomic E-state index is 4.31. The smallest absolute Gasteiger partial charge is 0.137 e. The van der Waals surface area contributed by atoms with E-state index in [-0.39, 0.29) is 0 Å². The second-order valence-electron chi connectivity index (χ2n) is 3.13. The molecule has 13 heavy (non-hydrogen) atoms. The number of nitrogens with one attached hydrogen (secondary N) is 1. The first kappa shape index (κ1) is 8.75. The highest BCUT2D eigenvalue weighted by molar-refractivity contribution is 9.10. The summed E-state index contributed by atoms with van der Waals surface area (Å²) in [5.74, 6) is 0. The van der Waals surface area contributed by atoms with Crippen LogP contribution in [0.3, 0.4) is 0 Å². The van der Waals surface area contributed by atoms with Crippen LogP contribution in [0.4, 0.5) is 0 Å². The van der Waals surface area contributed by atoms with Gasteiger partial charge in [0, 0.05) is 21.7 Å². The lowest BCUT2D eigenvalue weighted by atomic mass is 10.2. The highest BCUT2D eigenvalue weighted by atomic mass is 79.9. The van der Waals surface area contributed by atoms with Crippen molar-refractivity contribution in [3.63, 3.8) is 0 Å². The van der Waals surface area contributed by atoms with Crippen molar-refractivity contribution < 1.29 is 0 Å². The second-order valence-corrected chi connectivity index (χ2v) is 4.05. The molecule has 2 rings (SSSR count). The number of pyridine rings is 1. The van der Waals surface area contributed by atoms with Gasteiger partial charge < -0.3 is 4.98 Å². The molecule has 0 radical (unpaired) electrons. The highest BCUT2D eigenvalue weighted by Gasteiger charge is 2.06. The molecule has 1 N–H and O–H groups in total. The van der Waals surface area contributed by atoms with Crippen molar-refractivity contribution in [1.29, 1.82) is 0 Å². The molecule has 0 aliphatic rings. The molecule has 2 heterocycles. The third-order valence-electron chi connectivity index (χ3n) is 2.33. The molecule has 0 aromatic carbocycles. The number of aromatic nitrogens is 2. The summed E-state index contributed by atoms with van der Waals surface area (Å²) in [6.45, 7) is 4.28. The zero-order valence-corrected chi connectivity index (χ0v) is 9.27. The molecule has 0 aliphatic heterocycles. The van der Waals surface area contributed by atoms with Gasteiger partial charge in [0.1, 0.15) is 5.65 Å². The Balaban J connectivity index is 2.77. The van der Waals surface area contributed by atoms with E-state index in [2.05, 4.69) is 45.8 Å². The van der Waals surface area contributed by atoms with Crippen LogP contribution in [0, 0.1) is 6.92 Å². The van der Waals surface area contributed by atoms with Crippen LogP contribution >= 0.6 is 15.9 Å². The van der Waals surface area contributed by atoms with Gasteiger partial charge in [0.15, 0.2) is 0 Å². The van der Waals surface area contributed by atoms with Gasteiger partial charge >= 0.3 is 0 Å². The molecular formula is C10H11BrN2. The van der Waals surface area contributed by atoms with Crippen LogP contribution in [0.15, 0.2) is 16.7 Å². The number of H-pyrrole nitrogens is 1. The predicted octanol–water partition coefficient (Wildman–Crippen LogP) is 3.20. The molecule has 0 unspecified atom stereocenters. The van der Waals surface area contributed by atoms with Gasteiger partial charge in [0.2, 0.25) is 0 Å². The van der Waals surface area contributed by atoms with E-state index < -0.39 is 0 Å². The van der Waals surface area contributed by atoms with Crippen LogP contribution < -0.4 is 0 Å². The Morgan fingerprint density at radius 2 is 2.31 bits per heavy atom. The molecule has 2 aromatic rings. The minimum Gasteiger partial charge on any atom is -0.343 e. The Hall–Kier alpha value is -0.830. The fourth-order valence-electron chi connectivity index (χ4n) is 1.58. The molecule has 0 amide bonds. The summed E-state index contributed by atoms with van der Waals surface area (Å²) in [6.07, 6.45) is 2.84. The highest BCUT2D eigenvalue weighted by Crippen LogP contribution is 2.23. The van der Waals surface area contributed by atoms with E-state index in [0.717, 1.165) is 16.5 Å². The molecule has 0 spiro atoms. The van der Waals surface area contributed by atoms with Gasteiger partial charge in [-0.15, -0.1) is 0 Å².